The number of aromatic nitrogens is 2. The third-order valence-electron chi connectivity index (χ3n) is 3.92. The van der Waals surface area contributed by atoms with E-state index in [0.29, 0.717) is 5.92 Å². The van der Waals surface area contributed by atoms with Gasteiger partial charge >= 0.3 is 0 Å². The first-order valence-electron chi connectivity index (χ1n) is 6.26. The SMILES string of the molecule is CN1CCC(c2nc(Br)c3n2CCC(O)C3)C1. The van der Waals surface area contributed by atoms with Crippen molar-refractivity contribution in [1.82, 2.24) is 14.5 Å². The van der Waals surface area contributed by atoms with Gasteiger partial charge in [-0.25, -0.2) is 4.98 Å². The summed E-state index contributed by atoms with van der Waals surface area (Å²) in [5, 5.41) is 9.73. The van der Waals surface area contributed by atoms with E-state index in [1.807, 2.05) is 0 Å². The Morgan fingerprint density at radius 3 is 2.88 bits per heavy atom. The molecule has 0 saturated carbocycles. The number of aliphatic hydroxyl groups is 1. The highest BCUT2D eigenvalue weighted by molar-refractivity contribution is 9.10. The molecule has 0 bridgehead atoms. The van der Waals surface area contributed by atoms with Crippen molar-refractivity contribution in [2.45, 2.75) is 37.8 Å². The van der Waals surface area contributed by atoms with E-state index in [-0.39, 0.29) is 6.10 Å². The summed E-state index contributed by atoms with van der Waals surface area (Å²) in [6, 6.07) is 0. The van der Waals surface area contributed by atoms with Crippen LogP contribution in [0.3, 0.4) is 0 Å². The molecule has 0 spiro atoms. The zero-order valence-electron chi connectivity index (χ0n) is 10.1. The average molecular weight is 300 g/mol. The first-order valence-corrected chi connectivity index (χ1v) is 7.06. The molecule has 2 atom stereocenters. The van der Waals surface area contributed by atoms with Gasteiger partial charge in [-0.1, -0.05) is 0 Å². The number of imidazole rings is 1. The number of fused-ring (bicyclic) bond motifs is 1. The normalized spacial score (nSPS) is 29.6. The number of likely N-dealkylation sites (N-methyl/N-ethyl adjacent to an activating group) is 1. The summed E-state index contributed by atoms with van der Waals surface area (Å²) in [7, 11) is 2.17. The van der Waals surface area contributed by atoms with Crippen LogP contribution in [0.4, 0.5) is 0 Å². The molecule has 2 aliphatic heterocycles. The Balaban J connectivity index is 1.93. The molecule has 0 amide bonds. The van der Waals surface area contributed by atoms with Crippen molar-refractivity contribution >= 4 is 15.9 Å². The maximum atomic E-state index is 9.73. The molecule has 1 saturated heterocycles. The lowest BCUT2D eigenvalue weighted by Crippen LogP contribution is -2.25. The van der Waals surface area contributed by atoms with Gasteiger partial charge in [-0.15, -0.1) is 0 Å². The molecule has 1 aromatic rings. The van der Waals surface area contributed by atoms with Crippen LogP contribution >= 0.6 is 15.9 Å². The van der Waals surface area contributed by atoms with Crippen LogP contribution < -0.4 is 0 Å². The first-order chi connectivity index (χ1) is 8.15. The predicted octanol–water partition coefficient (Wildman–Crippen LogP) is 1.37. The van der Waals surface area contributed by atoms with Gasteiger partial charge in [-0.2, -0.15) is 0 Å². The summed E-state index contributed by atoms with van der Waals surface area (Å²) in [6.07, 6.45) is 2.58. The minimum Gasteiger partial charge on any atom is -0.393 e. The van der Waals surface area contributed by atoms with E-state index in [4.69, 9.17) is 0 Å². The van der Waals surface area contributed by atoms with Crippen molar-refractivity contribution in [3.8, 4) is 0 Å². The van der Waals surface area contributed by atoms with Gasteiger partial charge in [-0.05, 0) is 42.4 Å². The first kappa shape index (κ1) is 11.7. The van der Waals surface area contributed by atoms with Gasteiger partial charge in [0.25, 0.3) is 0 Å². The quantitative estimate of drug-likeness (QED) is 0.852. The molecule has 17 heavy (non-hydrogen) atoms. The van der Waals surface area contributed by atoms with Gasteiger partial charge in [-0.3, -0.25) is 0 Å². The Bertz CT molecular complexity index is 432. The summed E-state index contributed by atoms with van der Waals surface area (Å²) in [5.41, 5.74) is 1.17. The second kappa shape index (κ2) is 4.37. The van der Waals surface area contributed by atoms with Crippen LogP contribution in [-0.2, 0) is 13.0 Å². The molecule has 0 radical (unpaired) electrons. The van der Waals surface area contributed by atoms with E-state index in [0.717, 1.165) is 37.1 Å². The number of hydrogen-bond acceptors (Lipinski definition) is 3. The van der Waals surface area contributed by atoms with Gasteiger partial charge in [0.05, 0.1) is 11.8 Å². The summed E-state index contributed by atoms with van der Waals surface area (Å²) in [5.74, 6) is 1.77. The van der Waals surface area contributed by atoms with Crippen LogP contribution in [0.25, 0.3) is 0 Å². The number of nitrogens with zero attached hydrogens (tertiary/aromatic N) is 3. The molecule has 3 heterocycles. The Kier molecular flexibility index (Phi) is 3.00. The van der Waals surface area contributed by atoms with E-state index in [9.17, 15) is 5.11 Å². The minimum absolute atomic E-state index is 0.199. The van der Waals surface area contributed by atoms with Gasteiger partial charge in [0.2, 0.25) is 0 Å². The second-order valence-corrected chi connectivity index (χ2v) is 6.00. The van der Waals surface area contributed by atoms with Crippen LogP contribution in [0.1, 0.15) is 30.3 Å². The molecule has 5 heteroatoms. The van der Waals surface area contributed by atoms with Crippen LogP contribution in [0.5, 0.6) is 0 Å². The molecule has 0 aliphatic carbocycles. The molecular formula is C12H18BrN3O. The van der Waals surface area contributed by atoms with Gasteiger partial charge in [0.15, 0.2) is 0 Å². The largest absolute Gasteiger partial charge is 0.393 e. The fourth-order valence-corrected chi connectivity index (χ4v) is 3.54. The molecule has 1 N–H and O–H groups in total. The summed E-state index contributed by atoms with van der Waals surface area (Å²) >= 11 is 3.54. The molecule has 1 aromatic heterocycles. The Morgan fingerprint density at radius 1 is 1.35 bits per heavy atom. The van der Waals surface area contributed by atoms with Gasteiger partial charge in [0, 0.05) is 25.4 Å². The summed E-state index contributed by atoms with van der Waals surface area (Å²) < 4.78 is 3.25. The lowest BCUT2D eigenvalue weighted by Gasteiger charge is -2.22. The number of likely N-dealkylation sites (tertiary alicyclic amines) is 1. The number of halogens is 1. The average Bonchev–Trinajstić information content (AvgIpc) is 2.84. The van der Waals surface area contributed by atoms with Crippen LogP contribution in [-0.4, -0.2) is 45.8 Å². The van der Waals surface area contributed by atoms with E-state index < -0.39 is 0 Å². The van der Waals surface area contributed by atoms with E-state index in [2.05, 4.69) is 37.4 Å². The highest BCUT2D eigenvalue weighted by Gasteiger charge is 2.30. The third-order valence-corrected chi connectivity index (χ3v) is 4.56. The molecule has 3 rings (SSSR count). The van der Waals surface area contributed by atoms with Gasteiger partial charge < -0.3 is 14.6 Å². The third kappa shape index (κ3) is 2.04. The lowest BCUT2D eigenvalue weighted by atomic mass is 10.1. The van der Waals surface area contributed by atoms with E-state index >= 15 is 0 Å². The summed E-state index contributed by atoms with van der Waals surface area (Å²) in [4.78, 5) is 7.04. The van der Waals surface area contributed by atoms with Crippen molar-refractivity contribution in [3.63, 3.8) is 0 Å². The van der Waals surface area contributed by atoms with Gasteiger partial charge in [0.1, 0.15) is 10.4 Å². The van der Waals surface area contributed by atoms with E-state index in [1.54, 1.807) is 0 Å². The number of rotatable bonds is 1. The second-order valence-electron chi connectivity index (χ2n) is 5.25. The van der Waals surface area contributed by atoms with Crippen molar-refractivity contribution < 1.29 is 5.11 Å². The fourth-order valence-electron chi connectivity index (χ4n) is 2.98. The van der Waals surface area contributed by atoms with Crippen LogP contribution in [0.2, 0.25) is 0 Å². The molecule has 2 unspecified atom stereocenters. The molecule has 2 aliphatic rings. The van der Waals surface area contributed by atoms with Crippen LogP contribution in [0.15, 0.2) is 4.60 Å². The van der Waals surface area contributed by atoms with Crippen molar-refractivity contribution in [2.24, 2.45) is 0 Å². The maximum absolute atomic E-state index is 9.73. The topological polar surface area (TPSA) is 41.3 Å². The molecule has 0 aromatic carbocycles. The highest BCUT2D eigenvalue weighted by atomic mass is 79.9. The minimum atomic E-state index is -0.199. The van der Waals surface area contributed by atoms with Crippen molar-refractivity contribution in [3.05, 3.63) is 16.1 Å². The van der Waals surface area contributed by atoms with Crippen molar-refractivity contribution in [2.75, 3.05) is 20.1 Å². The molecule has 94 valence electrons. The maximum Gasteiger partial charge on any atom is 0.127 e. The molecular weight excluding hydrogens is 282 g/mol. The molecule has 4 nitrogen and oxygen atoms in total. The Hall–Kier alpha value is -0.390. The smallest absolute Gasteiger partial charge is 0.127 e. The molecule has 1 fully saturated rings. The van der Waals surface area contributed by atoms with Crippen molar-refractivity contribution in [1.29, 1.82) is 0 Å². The monoisotopic (exact) mass is 299 g/mol. The fraction of sp³-hybridized carbons (Fsp3) is 0.750. The van der Waals surface area contributed by atoms with E-state index in [1.165, 1.54) is 17.9 Å². The summed E-state index contributed by atoms with van der Waals surface area (Å²) in [6.45, 7) is 3.17. The zero-order valence-corrected chi connectivity index (χ0v) is 11.7. The number of aliphatic hydroxyl groups excluding tert-OH is 1. The Morgan fingerprint density at radius 2 is 2.18 bits per heavy atom. The lowest BCUT2D eigenvalue weighted by molar-refractivity contribution is 0.142. The highest BCUT2D eigenvalue weighted by Crippen LogP contribution is 2.32. The predicted molar refractivity (Wildman–Crippen MR) is 69.1 cm³/mol. The zero-order chi connectivity index (χ0) is 12.0. The van der Waals surface area contributed by atoms with Crippen LogP contribution in [0, 0.1) is 0 Å². The standard InChI is InChI=1S/C12H18BrN3O/c1-15-4-2-8(7-15)12-14-11(13)10-6-9(17)3-5-16(10)12/h8-9,17H,2-7H2,1H3. The Labute approximate surface area is 110 Å². The number of hydrogen-bond donors (Lipinski definition) is 1.